The van der Waals surface area contributed by atoms with Crippen molar-refractivity contribution in [2.24, 2.45) is 5.92 Å². The fourth-order valence-corrected chi connectivity index (χ4v) is 3.15. The lowest BCUT2D eigenvalue weighted by Crippen LogP contribution is -2.44. The number of aromatic nitrogens is 2. The number of alkyl halides is 3. The molecule has 0 spiro atoms. The number of imidazole rings is 1. The van der Waals surface area contributed by atoms with Crippen LogP contribution in [0.15, 0.2) is 30.5 Å². The molecule has 2 aliphatic rings. The lowest BCUT2D eigenvalue weighted by Gasteiger charge is -2.34. The molecular formula is C18H18F3N3O3. The summed E-state index contributed by atoms with van der Waals surface area (Å²) in [5.74, 6) is 0.568. The summed E-state index contributed by atoms with van der Waals surface area (Å²) >= 11 is 0. The lowest BCUT2D eigenvalue weighted by molar-refractivity contribution is -0.274. The molecule has 144 valence electrons. The monoisotopic (exact) mass is 381 g/mol. The summed E-state index contributed by atoms with van der Waals surface area (Å²) in [6.45, 7) is 1.40. The van der Waals surface area contributed by atoms with E-state index in [0.29, 0.717) is 36.8 Å². The Kier molecular flexibility index (Phi) is 4.55. The molecule has 1 aliphatic heterocycles. The summed E-state index contributed by atoms with van der Waals surface area (Å²) in [5, 5.41) is 0. The number of hydrogen-bond acceptors (Lipinski definition) is 4. The van der Waals surface area contributed by atoms with Gasteiger partial charge in [-0.1, -0.05) is 0 Å². The minimum atomic E-state index is -4.72. The Hall–Kier alpha value is -2.55. The van der Waals surface area contributed by atoms with Crippen molar-refractivity contribution in [3.8, 4) is 17.0 Å². The number of amides is 1. The van der Waals surface area contributed by atoms with Crippen LogP contribution in [0.1, 0.15) is 24.7 Å². The molecule has 9 heteroatoms. The highest BCUT2D eigenvalue weighted by molar-refractivity contribution is 5.81. The van der Waals surface area contributed by atoms with Crippen LogP contribution in [0.2, 0.25) is 0 Å². The smallest absolute Gasteiger partial charge is 0.406 e. The Morgan fingerprint density at radius 1 is 1.26 bits per heavy atom. The number of carbonyl (C=O) groups excluding carboxylic acids is 1. The van der Waals surface area contributed by atoms with Crippen LogP contribution < -0.4 is 4.74 Å². The highest BCUT2D eigenvalue weighted by Crippen LogP contribution is 2.35. The van der Waals surface area contributed by atoms with Crippen LogP contribution in [0.25, 0.3) is 11.3 Å². The van der Waals surface area contributed by atoms with E-state index >= 15 is 0 Å². The Bertz CT molecular complexity index is 815. The van der Waals surface area contributed by atoms with E-state index < -0.39 is 6.36 Å². The van der Waals surface area contributed by atoms with Gasteiger partial charge in [-0.3, -0.25) is 4.79 Å². The zero-order chi connectivity index (χ0) is 19.0. The molecule has 1 saturated carbocycles. The normalized spacial score (nSPS) is 20.6. The van der Waals surface area contributed by atoms with Crippen LogP contribution in [0.3, 0.4) is 0 Å². The van der Waals surface area contributed by atoms with Crippen LogP contribution in [-0.2, 0) is 9.53 Å². The van der Waals surface area contributed by atoms with Crippen molar-refractivity contribution >= 4 is 5.91 Å². The number of nitrogens with one attached hydrogen (secondary N) is 1. The van der Waals surface area contributed by atoms with Gasteiger partial charge in [-0.05, 0) is 42.7 Å². The number of halogens is 3. The molecule has 1 aromatic heterocycles. The van der Waals surface area contributed by atoms with E-state index in [2.05, 4.69) is 14.7 Å². The van der Waals surface area contributed by atoms with Gasteiger partial charge >= 0.3 is 6.36 Å². The molecule has 1 aromatic carbocycles. The Morgan fingerprint density at radius 2 is 2.00 bits per heavy atom. The second kappa shape index (κ2) is 6.88. The van der Waals surface area contributed by atoms with Crippen molar-refractivity contribution in [3.63, 3.8) is 0 Å². The number of ether oxygens (including phenoxy) is 2. The van der Waals surface area contributed by atoms with E-state index in [4.69, 9.17) is 4.74 Å². The molecule has 2 aromatic rings. The minimum absolute atomic E-state index is 0.112. The molecule has 1 aliphatic carbocycles. The maximum Gasteiger partial charge on any atom is 0.573 e. The Morgan fingerprint density at radius 3 is 2.67 bits per heavy atom. The summed E-state index contributed by atoms with van der Waals surface area (Å²) in [6.07, 6.45) is -1.26. The lowest BCUT2D eigenvalue weighted by atomic mass is 10.1. The SMILES string of the molecule is O=C(C1CC1)N1CCOC[C@H]1c1ncc(-c2ccc(OC(F)(F)F)cc2)[nH]1. The molecule has 27 heavy (non-hydrogen) atoms. The first kappa shape index (κ1) is 17.8. The van der Waals surface area contributed by atoms with Gasteiger partial charge in [0.1, 0.15) is 17.6 Å². The van der Waals surface area contributed by atoms with Crippen molar-refractivity contribution < 1.29 is 27.4 Å². The number of aromatic amines is 1. The summed E-state index contributed by atoms with van der Waals surface area (Å²) in [7, 11) is 0. The number of benzene rings is 1. The second-order valence-corrected chi connectivity index (χ2v) is 6.65. The third-order valence-electron chi connectivity index (χ3n) is 4.65. The average molecular weight is 381 g/mol. The van der Waals surface area contributed by atoms with Gasteiger partial charge in [0.25, 0.3) is 0 Å². The van der Waals surface area contributed by atoms with Crippen molar-refractivity contribution in [3.05, 3.63) is 36.3 Å². The number of morpholine rings is 1. The quantitative estimate of drug-likeness (QED) is 0.883. The molecule has 2 fully saturated rings. The standard InChI is InChI=1S/C18H18F3N3O3/c19-18(20,21)27-13-5-3-11(4-6-13)14-9-22-16(23-14)15-10-26-8-7-24(15)17(25)12-1-2-12/h3-6,9,12,15H,1-2,7-8,10H2,(H,22,23)/t15-/m0/s1. The van der Waals surface area contributed by atoms with Gasteiger partial charge in [-0.15, -0.1) is 13.2 Å². The molecular weight excluding hydrogens is 363 g/mol. The van der Waals surface area contributed by atoms with Gasteiger partial charge in [0.2, 0.25) is 5.91 Å². The number of nitrogens with zero attached hydrogens (tertiary/aromatic N) is 2. The molecule has 0 unspecified atom stereocenters. The van der Waals surface area contributed by atoms with E-state index in [1.807, 2.05) is 4.90 Å². The molecule has 6 nitrogen and oxygen atoms in total. The number of rotatable bonds is 4. The highest BCUT2D eigenvalue weighted by atomic mass is 19.4. The third kappa shape index (κ3) is 4.08. The predicted molar refractivity (Wildman–Crippen MR) is 88.7 cm³/mol. The molecule has 0 bridgehead atoms. The molecule has 1 saturated heterocycles. The maximum atomic E-state index is 12.5. The summed E-state index contributed by atoms with van der Waals surface area (Å²) in [5.41, 5.74) is 1.31. The number of H-pyrrole nitrogens is 1. The first-order valence-corrected chi connectivity index (χ1v) is 8.70. The molecule has 1 atom stereocenters. The van der Waals surface area contributed by atoms with Crippen molar-refractivity contribution in [1.82, 2.24) is 14.9 Å². The second-order valence-electron chi connectivity index (χ2n) is 6.65. The molecule has 4 rings (SSSR count). The summed E-state index contributed by atoms with van der Waals surface area (Å²) in [6, 6.07) is 5.24. The first-order chi connectivity index (χ1) is 12.9. The van der Waals surface area contributed by atoms with Gasteiger partial charge in [0.05, 0.1) is 25.1 Å². The fourth-order valence-electron chi connectivity index (χ4n) is 3.15. The maximum absolute atomic E-state index is 12.5. The van der Waals surface area contributed by atoms with Crippen molar-refractivity contribution in [2.75, 3.05) is 19.8 Å². The Balaban J connectivity index is 1.51. The van der Waals surface area contributed by atoms with Crippen molar-refractivity contribution in [1.29, 1.82) is 0 Å². The van der Waals surface area contributed by atoms with Gasteiger partial charge in [0.15, 0.2) is 0 Å². The van der Waals surface area contributed by atoms with Crippen LogP contribution in [-0.4, -0.2) is 46.9 Å². The first-order valence-electron chi connectivity index (χ1n) is 8.70. The molecule has 2 heterocycles. The minimum Gasteiger partial charge on any atom is -0.406 e. The molecule has 0 radical (unpaired) electrons. The van der Waals surface area contributed by atoms with Gasteiger partial charge in [0, 0.05) is 12.5 Å². The number of hydrogen-bond donors (Lipinski definition) is 1. The average Bonchev–Trinajstić information content (AvgIpc) is 3.37. The molecule has 1 N–H and O–H groups in total. The summed E-state index contributed by atoms with van der Waals surface area (Å²) < 4.78 is 46.2. The zero-order valence-corrected chi connectivity index (χ0v) is 14.3. The van der Waals surface area contributed by atoms with E-state index in [1.165, 1.54) is 24.3 Å². The zero-order valence-electron chi connectivity index (χ0n) is 14.3. The topological polar surface area (TPSA) is 67.5 Å². The van der Waals surface area contributed by atoms with Gasteiger partial charge in [-0.25, -0.2) is 4.98 Å². The van der Waals surface area contributed by atoms with Gasteiger partial charge < -0.3 is 19.4 Å². The van der Waals surface area contributed by atoms with E-state index in [9.17, 15) is 18.0 Å². The summed E-state index contributed by atoms with van der Waals surface area (Å²) in [4.78, 5) is 21.8. The van der Waals surface area contributed by atoms with Crippen molar-refractivity contribution in [2.45, 2.75) is 25.2 Å². The predicted octanol–water partition coefficient (Wildman–Crippen LogP) is 3.29. The highest BCUT2D eigenvalue weighted by Gasteiger charge is 2.39. The van der Waals surface area contributed by atoms with Crippen LogP contribution in [0.5, 0.6) is 5.75 Å². The Labute approximate surface area is 153 Å². The van der Waals surface area contributed by atoms with Crippen LogP contribution in [0, 0.1) is 5.92 Å². The number of carbonyl (C=O) groups is 1. The van der Waals surface area contributed by atoms with Crippen LogP contribution >= 0.6 is 0 Å². The van der Waals surface area contributed by atoms with Gasteiger partial charge in [-0.2, -0.15) is 0 Å². The van der Waals surface area contributed by atoms with Crippen LogP contribution in [0.4, 0.5) is 13.2 Å². The fraction of sp³-hybridized carbons (Fsp3) is 0.444. The largest absolute Gasteiger partial charge is 0.573 e. The van der Waals surface area contributed by atoms with E-state index in [0.717, 1.165) is 12.8 Å². The molecule has 1 amide bonds. The van der Waals surface area contributed by atoms with E-state index in [1.54, 1.807) is 6.20 Å². The third-order valence-corrected chi connectivity index (χ3v) is 4.65. The van der Waals surface area contributed by atoms with E-state index in [-0.39, 0.29) is 23.6 Å².